The number of thiophene rings is 1. The van der Waals surface area contributed by atoms with Crippen LogP contribution in [0.25, 0.3) is 10.1 Å². The van der Waals surface area contributed by atoms with Gasteiger partial charge in [-0.05, 0) is 35.7 Å². The molecule has 1 N–H and O–H groups in total. The van der Waals surface area contributed by atoms with Crippen molar-refractivity contribution in [1.82, 2.24) is 4.90 Å². The third-order valence-corrected chi connectivity index (χ3v) is 5.18. The molecule has 5 heteroatoms. The number of fused-ring (bicyclic) bond motifs is 1. The van der Waals surface area contributed by atoms with E-state index in [9.17, 15) is 14.7 Å². The van der Waals surface area contributed by atoms with Gasteiger partial charge in [0.05, 0.1) is 12.0 Å². The van der Waals surface area contributed by atoms with Gasteiger partial charge in [0.25, 0.3) is 0 Å². The van der Waals surface area contributed by atoms with Crippen LogP contribution < -0.4 is 0 Å². The average molecular weight is 303 g/mol. The minimum atomic E-state index is -0.818. The molecule has 1 aromatic heterocycles. The number of hydrogen-bond acceptors (Lipinski definition) is 3. The number of piperidine rings is 1. The number of likely N-dealkylation sites (tertiary alicyclic amines) is 1. The molecule has 1 aliphatic heterocycles. The molecule has 1 aromatic carbocycles. The molecule has 1 amide bonds. The smallest absolute Gasteiger partial charge is 0.308 e. The van der Waals surface area contributed by atoms with Crippen LogP contribution in [0.15, 0.2) is 29.6 Å². The summed E-state index contributed by atoms with van der Waals surface area (Å²) < 4.78 is 1.13. The van der Waals surface area contributed by atoms with Crippen molar-refractivity contribution < 1.29 is 14.7 Å². The van der Waals surface area contributed by atoms with Gasteiger partial charge < -0.3 is 10.0 Å². The van der Waals surface area contributed by atoms with Gasteiger partial charge in [-0.3, -0.25) is 9.59 Å². The third kappa shape index (κ3) is 2.31. The van der Waals surface area contributed by atoms with Gasteiger partial charge in [0.15, 0.2) is 0 Å². The zero-order valence-corrected chi connectivity index (χ0v) is 12.6. The first-order chi connectivity index (χ1) is 10.1. The minimum absolute atomic E-state index is 0.0512. The fraction of sp³-hybridized carbons (Fsp3) is 0.375. The molecule has 2 atom stereocenters. The molecule has 4 nitrogen and oxygen atoms in total. The van der Waals surface area contributed by atoms with Crippen LogP contribution in [0.3, 0.4) is 0 Å². The van der Waals surface area contributed by atoms with Crippen LogP contribution in [-0.2, 0) is 9.59 Å². The lowest BCUT2D eigenvalue weighted by Crippen LogP contribution is -2.45. The molecule has 0 aliphatic carbocycles. The molecule has 2 unspecified atom stereocenters. The van der Waals surface area contributed by atoms with E-state index in [1.165, 1.54) is 0 Å². The second-order valence-electron chi connectivity index (χ2n) is 5.30. The molecule has 0 spiro atoms. The summed E-state index contributed by atoms with van der Waals surface area (Å²) in [6.45, 7) is 2.45. The van der Waals surface area contributed by atoms with Crippen LogP contribution in [0.2, 0.25) is 0 Å². The van der Waals surface area contributed by atoms with E-state index in [0.29, 0.717) is 19.4 Å². The van der Waals surface area contributed by atoms with Crippen molar-refractivity contribution in [2.75, 3.05) is 6.54 Å². The van der Waals surface area contributed by atoms with Gasteiger partial charge in [-0.25, -0.2) is 0 Å². The Hall–Kier alpha value is -1.88. The fourth-order valence-electron chi connectivity index (χ4n) is 3.20. The van der Waals surface area contributed by atoms with Crippen molar-refractivity contribution in [3.63, 3.8) is 0 Å². The summed E-state index contributed by atoms with van der Waals surface area (Å²) in [5.74, 6) is -1.29. The van der Waals surface area contributed by atoms with E-state index in [-0.39, 0.29) is 11.9 Å². The molecule has 110 valence electrons. The highest BCUT2D eigenvalue weighted by Crippen LogP contribution is 2.41. The highest BCUT2D eigenvalue weighted by atomic mass is 32.1. The normalized spacial score (nSPS) is 22.7. The Morgan fingerprint density at radius 2 is 2.19 bits per heavy atom. The lowest BCUT2D eigenvalue weighted by Gasteiger charge is -2.39. The highest BCUT2D eigenvalue weighted by molar-refractivity contribution is 7.17. The largest absolute Gasteiger partial charge is 0.481 e. The Morgan fingerprint density at radius 3 is 2.90 bits per heavy atom. The first-order valence-electron chi connectivity index (χ1n) is 7.12. The SMILES string of the molecule is CCN1C(=O)CCC(C(=O)O)C1c1csc2ccccc12. The number of rotatable bonds is 3. The third-order valence-electron chi connectivity index (χ3n) is 4.19. The molecular formula is C16H17NO3S. The van der Waals surface area contributed by atoms with Gasteiger partial charge in [-0.15, -0.1) is 11.3 Å². The standard InChI is InChI=1S/C16H17NO3S/c1-2-17-14(18)8-7-11(16(19)20)15(17)12-9-21-13-6-4-3-5-10(12)13/h3-6,9,11,15H,2,7-8H2,1H3,(H,19,20). The zero-order valence-electron chi connectivity index (χ0n) is 11.8. The van der Waals surface area contributed by atoms with Gasteiger partial charge in [-0.1, -0.05) is 18.2 Å². The van der Waals surface area contributed by atoms with E-state index >= 15 is 0 Å². The molecule has 1 aliphatic rings. The van der Waals surface area contributed by atoms with Crippen LogP contribution in [0.1, 0.15) is 31.4 Å². The van der Waals surface area contributed by atoms with Crippen molar-refractivity contribution in [2.45, 2.75) is 25.8 Å². The minimum Gasteiger partial charge on any atom is -0.481 e. The Balaban J connectivity index is 2.13. The van der Waals surface area contributed by atoms with E-state index < -0.39 is 11.9 Å². The van der Waals surface area contributed by atoms with Crippen molar-refractivity contribution >= 4 is 33.3 Å². The number of nitrogens with zero attached hydrogens (tertiary/aromatic N) is 1. The van der Waals surface area contributed by atoms with Crippen molar-refractivity contribution in [3.05, 3.63) is 35.2 Å². The van der Waals surface area contributed by atoms with Crippen LogP contribution >= 0.6 is 11.3 Å². The molecule has 1 saturated heterocycles. The number of carboxylic acids is 1. The lowest BCUT2D eigenvalue weighted by molar-refractivity contribution is -0.151. The lowest BCUT2D eigenvalue weighted by atomic mass is 9.84. The van der Waals surface area contributed by atoms with Gasteiger partial charge >= 0.3 is 5.97 Å². The highest BCUT2D eigenvalue weighted by Gasteiger charge is 2.40. The molecule has 0 saturated carbocycles. The van der Waals surface area contributed by atoms with E-state index in [4.69, 9.17) is 0 Å². The van der Waals surface area contributed by atoms with Crippen molar-refractivity contribution in [2.24, 2.45) is 5.92 Å². The maximum atomic E-state index is 12.2. The van der Waals surface area contributed by atoms with Crippen molar-refractivity contribution in [1.29, 1.82) is 0 Å². The first-order valence-corrected chi connectivity index (χ1v) is 7.99. The monoisotopic (exact) mass is 303 g/mol. The van der Waals surface area contributed by atoms with E-state index in [0.717, 1.165) is 15.6 Å². The number of carbonyl (C=O) groups is 2. The number of carbonyl (C=O) groups excluding carboxylic acids is 1. The first kappa shape index (κ1) is 14.1. The molecule has 0 bridgehead atoms. The van der Waals surface area contributed by atoms with Crippen LogP contribution in [0.5, 0.6) is 0 Å². The van der Waals surface area contributed by atoms with Crippen LogP contribution in [0.4, 0.5) is 0 Å². The van der Waals surface area contributed by atoms with Gasteiger partial charge in [0, 0.05) is 17.7 Å². The number of hydrogen-bond donors (Lipinski definition) is 1. The van der Waals surface area contributed by atoms with Gasteiger partial charge in [-0.2, -0.15) is 0 Å². The van der Waals surface area contributed by atoms with Gasteiger partial charge in [0.2, 0.25) is 5.91 Å². The van der Waals surface area contributed by atoms with Crippen LogP contribution in [0, 0.1) is 5.92 Å². The topological polar surface area (TPSA) is 57.6 Å². The second-order valence-corrected chi connectivity index (χ2v) is 6.21. The predicted octanol–water partition coefficient (Wildman–Crippen LogP) is 3.29. The fourth-order valence-corrected chi connectivity index (χ4v) is 4.19. The number of benzene rings is 1. The predicted molar refractivity (Wildman–Crippen MR) is 82.3 cm³/mol. The summed E-state index contributed by atoms with van der Waals surface area (Å²) in [7, 11) is 0. The van der Waals surface area contributed by atoms with E-state index in [1.54, 1.807) is 16.2 Å². The Morgan fingerprint density at radius 1 is 1.43 bits per heavy atom. The number of amides is 1. The van der Waals surface area contributed by atoms with E-state index in [2.05, 4.69) is 0 Å². The Bertz CT molecular complexity index is 692. The zero-order chi connectivity index (χ0) is 15.0. The molecule has 21 heavy (non-hydrogen) atoms. The Kier molecular flexibility index (Phi) is 3.68. The van der Waals surface area contributed by atoms with Gasteiger partial charge in [0.1, 0.15) is 0 Å². The summed E-state index contributed by atoms with van der Waals surface area (Å²) in [5.41, 5.74) is 0.970. The molecule has 2 aromatic rings. The Labute approximate surface area is 127 Å². The maximum absolute atomic E-state index is 12.2. The maximum Gasteiger partial charge on any atom is 0.308 e. The quantitative estimate of drug-likeness (QED) is 0.946. The molecular weight excluding hydrogens is 286 g/mol. The summed E-state index contributed by atoms with van der Waals surface area (Å²) in [6.07, 6.45) is 0.739. The molecule has 2 heterocycles. The summed E-state index contributed by atoms with van der Waals surface area (Å²) >= 11 is 1.60. The number of aliphatic carboxylic acids is 1. The summed E-state index contributed by atoms with van der Waals surface area (Å²) in [5, 5.41) is 12.6. The molecule has 0 radical (unpaired) electrons. The second kappa shape index (κ2) is 5.48. The summed E-state index contributed by atoms with van der Waals surface area (Å²) in [6, 6.07) is 7.61. The van der Waals surface area contributed by atoms with Crippen molar-refractivity contribution in [3.8, 4) is 0 Å². The average Bonchev–Trinajstić information content (AvgIpc) is 2.90. The molecule has 3 rings (SSSR count). The molecule has 1 fully saturated rings. The van der Waals surface area contributed by atoms with Crippen LogP contribution in [-0.4, -0.2) is 28.4 Å². The van der Waals surface area contributed by atoms with E-state index in [1.807, 2.05) is 36.6 Å². The number of carboxylic acid groups (broad SMARTS) is 1. The summed E-state index contributed by atoms with van der Waals surface area (Å²) in [4.78, 5) is 25.5.